The van der Waals surface area contributed by atoms with E-state index in [2.05, 4.69) is 71.4 Å². The smallest absolute Gasteiger partial charge is 0.155 e. The molecule has 0 aliphatic heterocycles. The van der Waals surface area contributed by atoms with Gasteiger partial charge in [-0.1, -0.05) is 43.4 Å². The average Bonchev–Trinajstić information content (AvgIpc) is 2.81. The van der Waals surface area contributed by atoms with Crippen molar-refractivity contribution in [1.82, 2.24) is 19.7 Å². The van der Waals surface area contributed by atoms with Gasteiger partial charge in [0.2, 0.25) is 0 Å². The number of imidazole rings is 1. The Kier molecular flexibility index (Phi) is 3.53. The van der Waals surface area contributed by atoms with Crippen LogP contribution in [0.25, 0.3) is 11.5 Å². The van der Waals surface area contributed by atoms with Crippen LogP contribution in [0.5, 0.6) is 0 Å². The average molecular weight is 358 g/mol. The molecule has 0 saturated carbocycles. The van der Waals surface area contributed by atoms with Gasteiger partial charge in [0.15, 0.2) is 5.82 Å². The Morgan fingerprint density at radius 1 is 1.39 bits per heavy atom. The van der Waals surface area contributed by atoms with Crippen LogP contribution in [0.15, 0.2) is 12.3 Å². The van der Waals surface area contributed by atoms with Gasteiger partial charge >= 0.3 is 0 Å². The van der Waals surface area contributed by atoms with Crippen LogP contribution in [0.4, 0.5) is 0 Å². The summed E-state index contributed by atoms with van der Waals surface area (Å²) in [6, 6.07) is 2.11. The van der Waals surface area contributed by atoms with Crippen molar-refractivity contribution in [3.8, 4) is 11.5 Å². The Morgan fingerprint density at radius 2 is 2.06 bits per heavy atom. The first kappa shape index (κ1) is 13.6. The van der Waals surface area contributed by atoms with E-state index in [1.54, 1.807) is 0 Å². The number of aromatic nitrogens is 4. The molecule has 0 bridgehead atoms. The quantitative estimate of drug-likeness (QED) is 0.659. The minimum atomic E-state index is 0.0575. The van der Waals surface area contributed by atoms with Gasteiger partial charge in [-0.3, -0.25) is 4.68 Å². The molecule has 1 unspecified atom stereocenters. The van der Waals surface area contributed by atoms with Crippen LogP contribution < -0.4 is 0 Å². The predicted molar refractivity (Wildman–Crippen MR) is 81.9 cm³/mol. The molecular formula is C13H19IN4. The minimum Gasteiger partial charge on any atom is -0.340 e. The van der Waals surface area contributed by atoms with Gasteiger partial charge in [0.05, 0.1) is 5.69 Å². The lowest BCUT2D eigenvalue weighted by atomic mass is 9.92. The number of nitrogens with zero attached hydrogens (tertiary/aromatic N) is 3. The summed E-state index contributed by atoms with van der Waals surface area (Å²) < 4.78 is 2.32. The van der Waals surface area contributed by atoms with Crippen molar-refractivity contribution >= 4 is 22.6 Å². The molecule has 2 rings (SSSR count). The monoisotopic (exact) mass is 358 g/mol. The van der Waals surface area contributed by atoms with Gasteiger partial charge in [-0.05, 0) is 13.0 Å². The first-order valence-corrected chi connectivity index (χ1v) is 7.27. The second-order valence-corrected chi connectivity index (χ2v) is 7.46. The number of aryl methyl sites for hydroxylation is 1. The van der Waals surface area contributed by atoms with Crippen molar-refractivity contribution in [2.45, 2.75) is 37.0 Å². The molecule has 98 valence electrons. The highest BCUT2D eigenvalue weighted by molar-refractivity contribution is 14.1. The summed E-state index contributed by atoms with van der Waals surface area (Å²) in [5.74, 6) is 0.888. The van der Waals surface area contributed by atoms with Crippen LogP contribution in [0.2, 0.25) is 0 Å². The van der Waals surface area contributed by atoms with Gasteiger partial charge in [-0.2, -0.15) is 5.10 Å². The molecule has 0 spiro atoms. The molecule has 0 aliphatic rings. The minimum absolute atomic E-state index is 0.0575. The predicted octanol–water partition coefficient (Wildman–Crippen LogP) is 3.60. The van der Waals surface area contributed by atoms with E-state index in [4.69, 9.17) is 0 Å². The van der Waals surface area contributed by atoms with E-state index in [0.29, 0.717) is 3.92 Å². The number of hydrogen-bond donors (Lipinski definition) is 1. The van der Waals surface area contributed by atoms with E-state index in [-0.39, 0.29) is 5.41 Å². The Hall–Kier alpha value is -0.850. The third kappa shape index (κ3) is 2.60. The number of aromatic amines is 1. The third-order valence-corrected chi connectivity index (χ3v) is 3.59. The Labute approximate surface area is 121 Å². The maximum absolute atomic E-state index is 4.57. The van der Waals surface area contributed by atoms with Crippen LogP contribution in [-0.4, -0.2) is 19.7 Å². The highest BCUT2D eigenvalue weighted by Crippen LogP contribution is 2.27. The highest BCUT2D eigenvalue weighted by atomic mass is 127. The van der Waals surface area contributed by atoms with Crippen LogP contribution in [0.1, 0.15) is 43.0 Å². The number of nitrogens with one attached hydrogen (secondary N) is 1. The van der Waals surface area contributed by atoms with Crippen molar-refractivity contribution < 1.29 is 0 Å². The molecule has 0 aromatic carbocycles. The molecule has 18 heavy (non-hydrogen) atoms. The molecule has 0 fully saturated rings. The summed E-state index contributed by atoms with van der Waals surface area (Å²) in [5.41, 5.74) is 3.31. The first-order valence-electron chi connectivity index (χ1n) is 6.03. The highest BCUT2D eigenvalue weighted by Gasteiger charge is 2.20. The van der Waals surface area contributed by atoms with Gasteiger partial charge in [0.1, 0.15) is 5.69 Å². The molecule has 5 heteroatoms. The zero-order valence-corrected chi connectivity index (χ0v) is 13.6. The standard InChI is InChI=1S/C13H19IN4/c1-8(14)9-7-15-12(16-9)10-6-11(13(2,3)4)17-18(10)5/h6-8H,1-5H3,(H,15,16). The largest absolute Gasteiger partial charge is 0.340 e. The summed E-state index contributed by atoms with van der Waals surface area (Å²) in [7, 11) is 1.96. The first-order chi connectivity index (χ1) is 8.29. The number of halogens is 1. The van der Waals surface area contributed by atoms with E-state index in [1.165, 1.54) is 0 Å². The van der Waals surface area contributed by atoms with E-state index in [0.717, 1.165) is 22.9 Å². The molecule has 1 atom stereocenters. The molecule has 2 aromatic heterocycles. The fourth-order valence-electron chi connectivity index (χ4n) is 1.72. The Balaban J connectivity index is 2.41. The lowest BCUT2D eigenvalue weighted by Crippen LogP contribution is -2.12. The van der Waals surface area contributed by atoms with Gasteiger partial charge < -0.3 is 4.98 Å². The van der Waals surface area contributed by atoms with Crippen LogP contribution in [-0.2, 0) is 12.5 Å². The van der Waals surface area contributed by atoms with Gasteiger partial charge in [-0.25, -0.2) is 4.98 Å². The van der Waals surface area contributed by atoms with Gasteiger partial charge in [-0.15, -0.1) is 0 Å². The van der Waals surface area contributed by atoms with Crippen molar-refractivity contribution in [2.75, 3.05) is 0 Å². The molecule has 0 aliphatic carbocycles. The Bertz CT molecular complexity index is 546. The van der Waals surface area contributed by atoms with Crippen LogP contribution in [0, 0.1) is 0 Å². The van der Waals surface area contributed by atoms with E-state index >= 15 is 0 Å². The third-order valence-electron chi connectivity index (χ3n) is 2.91. The normalized spacial score (nSPS) is 13.9. The fourth-order valence-corrected chi connectivity index (χ4v) is 2.04. The maximum atomic E-state index is 4.57. The van der Waals surface area contributed by atoms with Crippen molar-refractivity contribution in [3.63, 3.8) is 0 Å². The molecule has 2 aromatic rings. The second-order valence-electron chi connectivity index (χ2n) is 5.59. The number of hydrogen-bond acceptors (Lipinski definition) is 2. The fraction of sp³-hybridized carbons (Fsp3) is 0.538. The van der Waals surface area contributed by atoms with E-state index in [1.807, 2.05) is 17.9 Å². The van der Waals surface area contributed by atoms with Crippen molar-refractivity contribution in [1.29, 1.82) is 0 Å². The van der Waals surface area contributed by atoms with E-state index in [9.17, 15) is 0 Å². The summed E-state index contributed by atoms with van der Waals surface area (Å²) in [6.45, 7) is 8.64. The van der Waals surface area contributed by atoms with E-state index < -0.39 is 0 Å². The zero-order chi connectivity index (χ0) is 13.5. The van der Waals surface area contributed by atoms with Crippen LogP contribution >= 0.6 is 22.6 Å². The number of alkyl halides is 1. The van der Waals surface area contributed by atoms with Gasteiger partial charge in [0.25, 0.3) is 0 Å². The summed E-state index contributed by atoms with van der Waals surface area (Å²) in [5, 5.41) is 4.57. The Morgan fingerprint density at radius 3 is 2.50 bits per heavy atom. The van der Waals surface area contributed by atoms with Gasteiger partial charge in [0, 0.05) is 28.3 Å². The topological polar surface area (TPSA) is 46.5 Å². The number of rotatable bonds is 2. The molecule has 2 heterocycles. The summed E-state index contributed by atoms with van der Waals surface area (Å²) >= 11 is 2.37. The van der Waals surface area contributed by atoms with Crippen LogP contribution in [0.3, 0.4) is 0 Å². The summed E-state index contributed by atoms with van der Waals surface area (Å²) in [4.78, 5) is 7.80. The SMILES string of the molecule is CC(I)c1cnc(-c2cc(C(C)(C)C)nn2C)[nH]1. The zero-order valence-electron chi connectivity index (χ0n) is 11.5. The van der Waals surface area contributed by atoms with Crippen molar-refractivity contribution in [2.24, 2.45) is 7.05 Å². The lowest BCUT2D eigenvalue weighted by molar-refractivity contribution is 0.553. The lowest BCUT2D eigenvalue weighted by Gasteiger charge is -2.13. The maximum Gasteiger partial charge on any atom is 0.155 e. The second kappa shape index (κ2) is 4.68. The molecule has 0 amide bonds. The molecule has 0 radical (unpaired) electrons. The number of H-pyrrole nitrogens is 1. The molecule has 4 nitrogen and oxygen atoms in total. The van der Waals surface area contributed by atoms with Crippen molar-refractivity contribution in [3.05, 3.63) is 23.7 Å². The molecular weight excluding hydrogens is 339 g/mol. The summed E-state index contributed by atoms with van der Waals surface area (Å²) in [6.07, 6.45) is 1.90. The molecule has 0 saturated heterocycles. The molecule has 1 N–H and O–H groups in total.